The van der Waals surface area contributed by atoms with Gasteiger partial charge in [-0.3, -0.25) is 9.56 Å². The molecule has 2 N–H and O–H groups in total. The maximum atomic E-state index is 6.11. The molecule has 0 fully saturated rings. The van der Waals surface area contributed by atoms with E-state index in [1.807, 2.05) is 41.1 Å². The van der Waals surface area contributed by atoms with Crippen molar-refractivity contribution in [3.63, 3.8) is 0 Å². The smallest absolute Gasteiger partial charge is 0.191 e. The van der Waals surface area contributed by atoms with E-state index in [0.29, 0.717) is 6.54 Å². The quantitative estimate of drug-likeness (QED) is 0.458. The van der Waals surface area contributed by atoms with Gasteiger partial charge < -0.3 is 10.6 Å². The lowest BCUT2D eigenvalue weighted by Gasteiger charge is -2.26. The third-order valence-electron chi connectivity index (χ3n) is 4.57. The minimum atomic E-state index is 0.0492. The number of rotatable bonds is 7. The summed E-state index contributed by atoms with van der Waals surface area (Å²) in [5, 5.41) is 7.58. The molecule has 3 aromatic rings. The number of hydrogen-bond donors (Lipinski definition) is 2. The normalized spacial score (nSPS) is 12.1. The zero-order valence-corrected chi connectivity index (χ0v) is 17.8. The van der Waals surface area contributed by atoms with E-state index in [2.05, 4.69) is 45.5 Å². The first-order chi connectivity index (χ1) is 13.9. The first kappa shape index (κ1) is 20.9. The topological polar surface area (TPSA) is 67.1 Å². The number of benzene rings is 1. The van der Waals surface area contributed by atoms with E-state index in [0.717, 1.165) is 35.3 Å². The number of nitrogens with zero attached hydrogens (tertiary/aromatic N) is 4. The number of aromatic nitrogens is 3. The molecule has 0 radical (unpaired) electrons. The van der Waals surface area contributed by atoms with Gasteiger partial charge >= 0.3 is 0 Å². The largest absolute Gasteiger partial charge is 0.356 e. The minimum absolute atomic E-state index is 0.0492. The summed E-state index contributed by atoms with van der Waals surface area (Å²) in [6.07, 6.45) is 8.08. The lowest BCUT2D eigenvalue weighted by atomic mass is 9.86. The van der Waals surface area contributed by atoms with Crippen LogP contribution in [0, 0.1) is 5.41 Å². The molecule has 0 saturated heterocycles. The van der Waals surface area contributed by atoms with Gasteiger partial charge in [-0.2, -0.15) is 0 Å². The van der Waals surface area contributed by atoms with Crippen molar-refractivity contribution < 1.29 is 0 Å². The van der Waals surface area contributed by atoms with Gasteiger partial charge in [0.15, 0.2) is 5.96 Å². The number of aliphatic imine (C=N–C) groups is 1. The highest BCUT2D eigenvalue weighted by atomic mass is 35.5. The van der Waals surface area contributed by atoms with Crippen molar-refractivity contribution in [1.82, 2.24) is 25.2 Å². The van der Waals surface area contributed by atoms with Gasteiger partial charge in [0.25, 0.3) is 0 Å². The first-order valence-electron chi connectivity index (χ1n) is 9.57. The summed E-state index contributed by atoms with van der Waals surface area (Å²) in [5.41, 5.74) is 2.40. The second-order valence-electron chi connectivity index (χ2n) is 7.74. The highest BCUT2D eigenvalue weighted by Crippen LogP contribution is 2.22. The number of imidazole rings is 1. The maximum Gasteiger partial charge on any atom is 0.191 e. The molecule has 2 heterocycles. The SMILES string of the molecule is CN=C(NCc1ccnc(-n2ccnc2)c1)NCC(C)(C)Cc1cccc(Cl)c1. The van der Waals surface area contributed by atoms with Crippen LogP contribution in [-0.4, -0.2) is 34.1 Å². The predicted octanol–water partition coefficient (Wildman–Crippen LogP) is 3.85. The molecule has 3 rings (SSSR count). The molecule has 0 unspecified atom stereocenters. The molecule has 152 valence electrons. The highest BCUT2D eigenvalue weighted by molar-refractivity contribution is 6.30. The van der Waals surface area contributed by atoms with Crippen LogP contribution in [-0.2, 0) is 13.0 Å². The molecule has 0 bridgehead atoms. The van der Waals surface area contributed by atoms with Gasteiger partial charge in [0.05, 0.1) is 0 Å². The second-order valence-corrected chi connectivity index (χ2v) is 8.18. The van der Waals surface area contributed by atoms with Crippen molar-refractivity contribution in [1.29, 1.82) is 0 Å². The summed E-state index contributed by atoms with van der Waals surface area (Å²) in [7, 11) is 1.78. The fraction of sp³-hybridized carbons (Fsp3) is 0.318. The molecule has 0 aliphatic carbocycles. The third-order valence-corrected chi connectivity index (χ3v) is 4.80. The fourth-order valence-corrected chi connectivity index (χ4v) is 3.31. The Hall–Kier alpha value is -2.86. The van der Waals surface area contributed by atoms with E-state index in [4.69, 9.17) is 11.6 Å². The van der Waals surface area contributed by atoms with Gasteiger partial charge in [0, 0.05) is 43.8 Å². The Balaban J connectivity index is 1.53. The summed E-state index contributed by atoms with van der Waals surface area (Å²) >= 11 is 6.11. The Morgan fingerprint density at radius 2 is 2.00 bits per heavy atom. The van der Waals surface area contributed by atoms with Crippen LogP contribution in [0.5, 0.6) is 0 Å². The number of nitrogens with one attached hydrogen (secondary N) is 2. The summed E-state index contributed by atoms with van der Waals surface area (Å²) in [6, 6.07) is 12.1. The Labute approximate surface area is 177 Å². The van der Waals surface area contributed by atoms with Crippen molar-refractivity contribution in [3.05, 3.63) is 77.5 Å². The average molecular weight is 411 g/mol. The molecular formula is C22H27ClN6. The number of hydrogen-bond acceptors (Lipinski definition) is 3. The Kier molecular flexibility index (Phi) is 6.88. The molecule has 0 spiro atoms. The van der Waals surface area contributed by atoms with Gasteiger partial charge in [-0.25, -0.2) is 9.97 Å². The van der Waals surface area contributed by atoms with Crippen LogP contribution in [0.1, 0.15) is 25.0 Å². The van der Waals surface area contributed by atoms with E-state index < -0.39 is 0 Å². The monoisotopic (exact) mass is 410 g/mol. The Bertz CT molecular complexity index is 949. The number of pyridine rings is 1. The van der Waals surface area contributed by atoms with E-state index in [1.165, 1.54) is 5.56 Å². The van der Waals surface area contributed by atoms with Crippen LogP contribution in [0.3, 0.4) is 0 Å². The van der Waals surface area contributed by atoms with Crippen LogP contribution in [0.25, 0.3) is 5.82 Å². The van der Waals surface area contributed by atoms with Crippen LogP contribution < -0.4 is 10.6 Å². The zero-order chi connectivity index (χ0) is 20.7. The van der Waals surface area contributed by atoms with E-state index in [1.54, 1.807) is 25.8 Å². The first-order valence-corrected chi connectivity index (χ1v) is 9.95. The van der Waals surface area contributed by atoms with Crippen molar-refractivity contribution in [2.45, 2.75) is 26.8 Å². The number of halogens is 1. The second kappa shape index (κ2) is 9.56. The maximum absolute atomic E-state index is 6.11. The van der Waals surface area contributed by atoms with E-state index >= 15 is 0 Å². The molecule has 0 saturated carbocycles. The third kappa shape index (κ3) is 6.32. The minimum Gasteiger partial charge on any atom is -0.356 e. The van der Waals surface area contributed by atoms with Gasteiger partial charge in [-0.15, -0.1) is 0 Å². The predicted molar refractivity (Wildman–Crippen MR) is 118 cm³/mol. The lowest BCUT2D eigenvalue weighted by Crippen LogP contribution is -2.42. The van der Waals surface area contributed by atoms with Crippen molar-refractivity contribution in [2.24, 2.45) is 10.4 Å². The van der Waals surface area contributed by atoms with E-state index in [-0.39, 0.29) is 5.41 Å². The van der Waals surface area contributed by atoms with Crippen molar-refractivity contribution in [2.75, 3.05) is 13.6 Å². The molecule has 1 aromatic carbocycles. The van der Waals surface area contributed by atoms with Crippen molar-refractivity contribution in [3.8, 4) is 5.82 Å². The summed E-state index contributed by atoms with van der Waals surface area (Å²) in [4.78, 5) is 12.8. The van der Waals surface area contributed by atoms with Gasteiger partial charge in [-0.1, -0.05) is 37.6 Å². The Morgan fingerprint density at radius 1 is 1.14 bits per heavy atom. The van der Waals surface area contributed by atoms with E-state index in [9.17, 15) is 0 Å². The molecule has 6 nitrogen and oxygen atoms in total. The standard InChI is InChI=1S/C22H27ClN6/c1-22(2,13-17-5-4-6-19(23)11-17)15-28-21(24-3)27-14-18-7-8-26-20(12-18)29-10-9-25-16-29/h4-12,16H,13-15H2,1-3H3,(H2,24,27,28). The molecule has 0 aliphatic rings. The molecular weight excluding hydrogens is 384 g/mol. The molecule has 7 heteroatoms. The highest BCUT2D eigenvalue weighted by Gasteiger charge is 2.19. The van der Waals surface area contributed by atoms with Crippen LogP contribution in [0.4, 0.5) is 0 Å². The number of guanidine groups is 1. The average Bonchev–Trinajstić information content (AvgIpc) is 3.23. The van der Waals surface area contributed by atoms with Crippen LogP contribution in [0.15, 0.2) is 66.3 Å². The molecule has 0 amide bonds. The lowest BCUT2D eigenvalue weighted by molar-refractivity contribution is 0.359. The summed E-state index contributed by atoms with van der Waals surface area (Å²) in [6.45, 7) is 5.90. The summed E-state index contributed by atoms with van der Waals surface area (Å²) in [5.74, 6) is 1.61. The zero-order valence-electron chi connectivity index (χ0n) is 17.1. The molecule has 2 aromatic heterocycles. The van der Waals surface area contributed by atoms with Crippen LogP contribution in [0.2, 0.25) is 5.02 Å². The Morgan fingerprint density at radius 3 is 2.72 bits per heavy atom. The van der Waals surface area contributed by atoms with Gasteiger partial charge in [0.2, 0.25) is 0 Å². The van der Waals surface area contributed by atoms with Crippen molar-refractivity contribution >= 4 is 17.6 Å². The molecule has 0 aliphatic heterocycles. The summed E-state index contributed by atoms with van der Waals surface area (Å²) < 4.78 is 1.88. The van der Waals surface area contributed by atoms with Gasteiger partial charge in [0.1, 0.15) is 12.1 Å². The fourth-order valence-electron chi connectivity index (χ4n) is 3.10. The molecule has 0 atom stereocenters. The molecule has 29 heavy (non-hydrogen) atoms. The van der Waals surface area contributed by atoms with Gasteiger partial charge in [-0.05, 0) is 47.2 Å². The van der Waals surface area contributed by atoms with Crippen LogP contribution >= 0.6 is 11.6 Å².